The second kappa shape index (κ2) is 6.59. The minimum Gasteiger partial charge on any atom is -0.463 e. The highest BCUT2D eigenvalue weighted by Crippen LogP contribution is 2.25. The lowest BCUT2D eigenvalue weighted by atomic mass is 10.0. The molecule has 3 rings (SSSR count). The second-order valence-electron chi connectivity index (χ2n) is 6.02. The number of hydrogen-bond donors (Lipinski definition) is 3. The first-order valence-electron chi connectivity index (χ1n) is 7.73. The molecular formula is C18H20FN3O2. The summed E-state index contributed by atoms with van der Waals surface area (Å²) >= 11 is 0. The van der Waals surface area contributed by atoms with Crippen LogP contribution in [-0.2, 0) is 5.60 Å². The van der Waals surface area contributed by atoms with E-state index in [2.05, 4.69) is 15.3 Å². The van der Waals surface area contributed by atoms with Gasteiger partial charge in [-0.15, -0.1) is 0 Å². The number of aryl methyl sites for hydroxylation is 1. The van der Waals surface area contributed by atoms with Crippen molar-refractivity contribution in [3.63, 3.8) is 0 Å². The van der Waals surface area contributed by atoms with Gasteiger partial charge in [0.1, 0.15) is 28.8 Å². The molecule has 0 bridgehead atoms. The molecular weight excluding hydrogens is 309 g/mol. The molecule has 0 amide bonds. The monoisotopic (exact) mass is 329 g/mol. The fourth-order valence-electron chi connectivity index (χ4n) is 2.57. The molecule has 3 N–H and O–H groups in total. The van der Waals surface area contributed by atoms with Crippen LogP contribution in [0.3, 0.4) is 0 Å². The van der Waals surface area contributed by atoms with Gasteiger partial charge in [0.05, 0.1) is 6.04 Å². The molecule has 0 unspecified atom stereocenters. The van der Waals surface area contributed by atoms with Crippen LogP contribution in [0.15, 0.2) is 53.2 Å². The van der Waals surface area contributed by atoms with E-state index in [1.165, 1.54) is 12.1 Å². The van der Waals surface area contributed by atoms with Gasteiger partial charge in [0, 0.05) is 18.9 Å². The van der Waals surface area contributed by atoms with Crippen molar-refractivity contribution >= 4 is 0 Å². The molecule has 24 heavy (non-hydrogen) atoms. The molecule has 2 atom stereocenters. The number of imidazole rings is 1. The maximum atomic E-state index is 13.2. The minimum atomic E-state index is -1.18. The normalized spacial score (nSPS) is 15.2. The molecule has 1 aromatic carbocycles. The van der Waals surface area contributed by atoms with Crippen LogP contribution in [0.25, 0.3) is 0 Å². The summed E-state index contributed by atoms with van der Waals surface area (Å²) in [6.45, 7) is 3.75. The lowest BCUT2D eigenvalue weighted by molar-refractivity contribution is 0.0317. The number of hydrogen-bond acceptors (Lipinski definition) is 4. The SMILES string of the molecule is Cc1ccc([C@@](C)(O)CN[C@H](c2ccc(F)cc2)c2ncc[nH]2)o1. The highest BCUT2D eigenvalue weighted by Gasteiger charge is 2.29. The van der Waals surface area contributed by atoms with Crippen LogP contribution in [0.4, 0.5) is 4.39 Å². The molecule has 2 aromatic heterocycles. The van der Waals surface area contributed by atoms with Crippen molar-refractivity contribution in [2.45, 2.75) is 25.5 Å². The highest BCUT2D eigenvalue weighted by atomic mass is 19.1. The zero-order valence-corrected chi connectivity index (χ0v) is 13.6. The van der Waals surface area contributed by atoms with E-state index in [1.807, 2.05) is 13.0 Å². The topological polar surface area (TPSA) is 74.1 Å². The molecule has 0 fully saturated rings. The van der Waals surface area contributed by atoms with Crippen molar-refractivity contribution in [2.75, 3.05) is 6.54 Å². The Hall–Kier alpha value is -2.44. The van der Waals surface area contributed by atoms with Crippen molar-refractivity contribution in [2.24, 2.45) is 0 Å². The fourth-order valence-corrected chi connectivity index (χ4v) is 2.57. The molecule has 2 heterocycles. The molecule has 0 spiro atoms. The van der Waals surface area contributed by atoms with Gasteiger partial charge in [-0.25, -0.2) is 9.37 Å². The summed E-state index contributed by atoms with van der Waals surface area (Å²) in [6, 6.07) is 9.47. The van der Waals surface area contributed by atoms with Crippen molar-refractivity contribution in [3.8, 4) is 0 Å². The van der Waals surface area contributed by atoms with Gasteiger partial charge >= 0.3 is 0 Å². The summed E-state index contributed by atoms with van der Waals surface area (Å²) in [6.07, 6.45) is 3.38. The molecule has 0 radical (unpaired) electrons. The predicted molar refractivity (Wildman–Crippen MR) is 87.8 cm³/mol. The van der Waals surface area contributed by atoms with Crippen LogP contribution in [0.1, 0.15) is 35.9 Å². The molecule has 5 nitrogen and oxygen atoms in total. The largest absolute Gasteiger partial charge is 0.463 e. The average molecular weight is 329 g/mol. The number of nitrogens with one attached hydrogen (secondary N) is 2. The third-order valence-electron chi connectivity index (χ3n) is 3.92. The zero-order chi connectivity index (χ0) is 17.2. The first-order valence-corrected chi connectivity index (χ1v) is 7.73. The van der Waals surface area contributed by atoms with Gasteiger partial charge in [-0.05, 0) is 43.7 Å². The molecule has 0 aliphatic heterocycles. The first-order chi connectivity index (χ1) is 11.5. The van der Waals surface area contributed by atoms with Crippen LogP contribution in [0.2, 0.25) is 0 Å². The van der Waals surface area contributed by atoms with Crippen LogP contribution < -0.4 is 5.32 Å². The summed E-state index contributed by atoms with van der Waals surface area (Å²) in [4.78, 5) is 7.33. The number of halogens is 1. The van der Waals surface area contributed by atoms with E-state index in [0.717, 1.165) is 11.3 Å². The standard InChI is InChI=1S/C18H20FN3O2/c1-12-3-8-15(24-12)18(2,23)11-22-16(17-20-9-10-21-17)13-4-6-14(19)7-5-13/h3-10,16,22-23H,11H2,1-2H3,(H,20,21)/t16-,18+/m1/s1. The molecule has 0 aliphatic rings. The fraction of sp³-hybridized carbons (Fsp3) is 0.278. The Balaban J connectivity index is 1.81. The summed E-state index contributed by atoms with van der Waals surface area (Å²) in [5.41, 5.74) is -0.336. The zero-order valence-electron chi connectivity index (χ0n) is 13.6. The van der Waals surface area contributed by atoms with Crippen molar-refractivity contribution in [1.82, 2.24) is 15.3 Å². The Bertz CT molecular complexity index is 779. The van der Waals surface area contributed by atoms with Crippen LogP contribution >= 0.6 is 0 Å². The van der Waals surface area contributed by atoms with Crippen LogP contribution in [-0.4, -0.2) is 21.6 Å². The number of aliphatic hydroxyl groups is 1. The van der Waals surface area contributed by atoms with E-state index in [9.17, 15) is 9.50 Å². The average Bonchev–Trinajstić information content (AvgIpc) is 3.21. The molecule has 0 saturated heterocycles. The molecule has 0 saturated carbocycles. The predicted octanol–water partition coefficient (Wildman–Crippen LogP) is 3.04. The number of aromatic nitrogens is 2. The van der Waals surface area contributed by atoms with E-state index >= 15 is 0 Å². The number of furan rings is 1. The Kier molecular flexibility index (Phi) is 4.51. The number of benzene rings is 1. The number of nitrogens with zero attached hydrogens (tertiary/aromatic N) is 1. The maximum absolute atomic E-state index is 13.2. The Morgan fingerprint density at radius 3 is 2.62 bits per heavy atom. The van der Waals surface area contributed by atoms with E-state index in [1.54, 1.807) is 37.5 Å². The smallest absolute Gasteiger partial charge is 0.136 e. The van der Waals surface area contributed by atoms with Gasteiger partial charge in [-0.3, -0.25) is 0 Å². The van der Waals surface area contributed by atoms with Gasteiger partial charge in [0.2, 0.25) is 0 Å². The van der Waals surface area contributed by atoms with Crippen LogP contribution in [0, 0.1) is 12.7 Å². The number of rotatable bonds is 6. The van der Waals surface area contributed by atoms with Gasteiger partial charge in [0.25, 0.3) is 0 Å². The molecule has 6 heteroatoms. The Morgan fingerprint density at radius 2 is 2.04 bits per heavy atom. The number of H-pyrrole nitrogens is 1. The molecule has 0 aliphatic carbocycles. The summed E-state index contributed by atoms with van der Waals surface area (Å²) in [5, 5.41) is 14.0. The van der Waals surface area contributed by atoms with Crippen molar-refractivity contribution in [3.05, 3.63) is 77.5 Å². The lowest BCUT2D eigenvalue weighted by Gasteiger charge is -2.25. The van der Waals surface area contributed by atoms with Crippen molar-refractivity contribution < 1.29 is 13.9 Å². The van der Waals surface area contributed by atoms with E-state index in [0.29, 0.717) is 11.6 Å². The molecule has 3 aromatic rings. The number of aromatic amines is 1. The maximum Gasteiger partial charge on any atom is 0.136 e. The summed E-state index contributed by atoms with van der Waals surface area (Å²) in [5.74, 6) is 1.62. The summed E-state index contributed by atoms with van der Waals surface area (Å²) in [7, 11) is 0. The van der Waals surface area contributed by atoms with Crippen molar-refractivity contribution in [1.29, 1.82) is 0 Å². The van der Waals surface area contributed by atoms with Gasteiger partial charge in [-0.1, -0.05) is 12.1 Å². The Morgan fingerprint density at radius 1 is 1.29 bits per heavy atom. The third-order valence-corrected chi connectivity index (χ3v) is 3.92. The Labute approximate surface area is 139 Å². The van der Waals surface area contributed by atoms with E-state index in [-0.39, 0.29) is 18.4 Å². The summed E-state index contributed by atoms with van der Waals surface area (Å²) < 4.78 is 18.7. The van der Waals surface area contributed by atoms with E-state index < -0.39 is 5.60 Å². The molecule has 126 valence electrons. The first kappa shape index (κ1) is 16.4. The third kappa shape index (κ3) is 3.55. The second-order valence-corrected chi connectivity index (χ2v) is 6.02. The van der Waals surface area contributed by atoms with Crippen LogP contribution in [0.5, 0.6) is 0 Å². The quantitative estimate of drug-likeness (QED) is 0.650. The van der Waals surface area contributed by atoms with E-state index in [4.69, 9.17) is 4.42 Å². The minimum absolute atomic E-state index is 0.239. The lowest BCUT2D eigenvalue weighted by Crippen LogP contribution is -2.37. The van der Waals surface area contributed by atoms with Gasteiger partial charge in [0.15, 0.2) is 0 Å². The van der Waals surface area contributed by atoms with Gasteiger partial charge in [-0.2, -0.15) is 0 Å². The highest BCUT2D eigenvalue weighted by molar-refractivity contribution is 5.25. The van der Waals surface area contributed by atoms with Gasteiger partial charge < -0.3 is 19.8 Å².